The van der Waals surface area contributed by atoms with Crippen molar-refractivity contribution in [2.75, 3.05) is 18.1 Å². The minimum atomic E-state index is 0.355. The van der Waals surface area contributed by atoms with Crippen molar-refractivity contribution in [1.29, 1.82) is 0 Å². The second-order valence-electron chi connectivity index (χ2n) is 4.31. The first-order valence-electron chi connectivity index (χ1n) is 5.34. The van der Waals surface area contributed by atoms with Crippen molar-refractivity contribution in [2.24, 2.45) is 17.1 Å². The highest BCUT2D eigenvalue weighted by molar-refractivity contribution is 7.99. The topological polar surface area (TPSA) is 26.0 Å². The first kappa shape index (κ1) is 13.3. The predicted molar refractivity (Wildman–Crippen MR) is 64.2 cm³/mol. The van der Waals surface area contributed by atoms with Crippen LogP contribution in [0.1, 0.15) is 40.5 Å². The molecule has 1 atom stereocenters. The van der Waals surface area contributed by atoms with Gasteiger partial charge in [-0.3, -0.25) is 0 Å². The Balaban J connectivity index is 3.71. The molecule has 1 unspecified atom stereocenters. The molecule has 0 aromatic heterocycles. The summed E-state index contributed by atoms with van der Waals surface area (Å²) in [5, 5.41) is 0. The van der Waals surface area contributed by atoms with E-state index >= 15 is 0 Å². The summed E-state index contributed by atoms with van der Waals surface area (Å²) < 4.78 is 0. The Morgan fingerprint density at radius 1 is 1.38 bits per heavy atom. The fourth-order valence-electron chi connectivity index (χ4n) is 1.35. The van der Waals surface area contributed by atoms with E-state index < -0.39 is 0 Å². The number of hydrogen-bond acceptors (Lipinski definition) is 2. The van der Waals surface area contributed by atoms with Gasteiger partial charge in [-0.2, -0.15) is 11.8 Å². The highest BCUT2D eigenvalue weighted by Gasteiger charge is 2.25. The molecule has 0 saturated carbocycles. The van der Waals surface area contributed by atoms with Crippen molar-refractivity contribution in [1.82, 2.24) is 0 Å². The molecule has 0 aliphatic carbocycles. The second kappa shape index (κ2) is 6.72. The Morgan fingerprint density at radius 3 is 2.38 bits per heavy atom. The van der Waals surface area contributed by atoms with Gasteiger partial charge in [0.2, 0.25) is 0 Å². The van der Waals surface area contributed by atoms with Gasteiger partial charge in [0, 0.05) is 0 Å². The third kappa shape index (κ3) is 4.92. The molecule has 0 spiro atoms. The summed E-state index contributed by atoms with van der Waals surface area (Å²) >= 11 is 2.03. The van der Waals surface area contributed by atoms with E-state index in [1.54, 1.807) is 0 Å². The van der Waals surface area contributed by atoms with Crippen LogP contribution < -0.4 is 5.73 Å². The van der Waals surface area contributed by atoms with Crippen molar-refractivity contribution < 1.29 is 0 Å². The Labute approximate surface area is 87.9 Å². The van der Waals surface area contributed by atoms with Gasteiger partial charge >= 0.3 is 0 Å². The molecule has 0 aromatic rings. The molecule has 0 aromatic carbocycles. The zero-order valence-electron chi connectivity index (χ0n) is 9.60. The van der Waals surface area contributed by atoms with Crippen LogP contribution in [0.3, 0.4) is 0 Å². The molecule has 80 valence electrons. The van der Waals surface area contributed by atoms with Crippen LogP contribution in [0.4, 0.5) is 0 Å². The molecule has 0 aliphatic rings. The van der Waals surface area contributed by atoms with Crippen molar-refractivity contribution in [3.63, 3.8) is 0 Å². The van der Waals surface area contributed by atoms with E-state index in [9.17, 15) is 0 Å². The Kier molecular flexibility index (Phi) is 6.88. The molecule has 0 aliphatic heterocycles. The van der Waals surface area contributed by atoms with Crippen LogP contribution in [0.5, 0.6) is 0 Å². The highest BCUT2D eigenvalue weighted by atomic mass is 32.2. The summed E-state index contributed by atoms with van der Waals surface area (Å²) in [5.41, 5.74) is 6.17. The van der Waals surface area contributed by atoms with Crippen LogP contribution in [0.15, 0.2) is 0 Å². The summed E-state index contributed by atoms with van der Waals surface area (Å²) in [5.74, 6) is 3.23. The van der Waals surface area contributed by atoms with E-state index in [0.29, 0.717) is 11.3 Å². The maximum Gasteiger partial charge on any atom is -0.00207 e. The zero-order valence-corrected chi connectivity index (χ0v) is 10.4. The number of rotatable bonds is 7. The van der Waals surface area contributed by atoms with Gasteiger partial charge in [0.15, 0.2) is 0 Å². The molecule has 0 fully saturated rings. The van der Waals surface area contributed by atoms with Gasteiger partial charge in [-0.05, 0) is 42.2 Å². The fourth-order valence-corrected chi connectivity index (χ4v) is 1.99. The van der Waals surface area contributed by atoms with Crippen LogP contribution in [0.25, 0.3) is 0 Å². The van der Waals surface area contributed by atoms with Crippen molar-refractivity contribution in [2.45, 2.75) is 40.5 Å². The van der Waals surface area contributed by atoms with Gasteiger partial charge in [0.1, 0.15) is 0 Å². The second-order valence-corrected chi connectivity index (χ2v) is 5.71. The normalized spacial score (nSPS) is 16.2. The summed E-state index contributed by atoms with van der Waals surface area (Å²) in [6.07, 6.45) is 2.58. The Hall–Kier alpha value is 0.310. The molecular formula is C11H25NS. The van der Waals surface area contributed by atoms with Crippen LogP contribution in [0, 0.1) is 11.3 Å². The van der Waals surface area contributed by atoms with Crippen LogP contribution in [0.2, 0.25) is 0 Å². The van der Waals surface area contributed by atoms with Gasteiger partial charge < -0.3 is 5.73 Å². The molecule has 0 radical (unpaired) electrons. The Morgan fingerprint density at radius 2 is 2.00 bits per heavy atom. The molecule has 0 heterocycles. The fraction of sp³-hybridized carbons (Fsp3) is 1.00. The van der Waals surface area contributed by atoms with Crippen LogP contribution >= 0.6 is 11.8 Å². The third-order valence-corrected chi connectivity index (χ3v) is 4.09. The standard InChI is InChI=1S/C11H25NS/c1-5-13-8-6-7-11(4,9-12)10(2)3/h10H,5-9,12H2,1-4H3. The SMILES string of the molecule is CCSCCCC(C)(CN)C(C)C. The predicted octanol–water partition coefficient (Wildman–Crippen LogP) is 3.14. The van der Waals surface area contributed by atoms with Gasteiger partial charge in [0.25, 0.3) is 0 Å². The quantitative estimate of drug-likeness (QED) is 0.643. The van der Waals surface area contributed by atoms with Gasteiger partial charge in [-0.1, -0.05) is 27.7 Å². The Bertz CT molecular complexity index is 125. The molecule has 0 saturated heterocycles. The van der Waals surface area contributed by atoms with E-state index in [-0.39, 0.29) is 0 Å². The average molecular weight is 203 g/mol. The number of hydrogen-bond donors (Lipinski definition) is 1. The van der Waals surface area contributed by atoms with Gasteiger partial charge in [-0.25, -0.2) is 0 Å². The lowest BCUT2D eigenvalue weighted by atomic mass is 9.76. The lowest BCUT2D eigenvalue weighted by molar-refractivity contribution is 0.208. The molecule has 0 amide bonds. The van der Waals surface area contributed by atoms with E-state index in [1.807, 2.05) is 11.8 Å². The van der Waals surface area contributed by atoms with Crippen molar-refractivity contribution in [3.8, 4) is 0 Å². The summed E-state index contributed by atoms with van der Waals surface area (Å²) in [6, 6.07) is 0. The molecule has 0 bridgehead atoms. The molecule has 2 heteroatoms. The summed E-state index contributed by atoms with van der Waals surface area (Å²) in [4.78, 5) is 0. The van der Waals surface area contributed by atoms with Gasteiger partial charge in [-0.15, -0.1) is 0 Å². The van der Waals surface area contributed by atoms with E-state index in [2.05, 4.69) is 27.7 Å². The highest BCUT2D eigenvalue weighted by Crippen LogP contribution is 2.31. The number of thioether (sulfide) groups is 1. The first-order valence-corrected chi connectivity index (χ1v) is 6.50. The lowest BCUT2D eigenvalue weighted by Gasteiger charge is -2.32. The zero-order chi connectivity index (χ0) is 10.3. The summed E-state index contributed by atoms with van der Waals surface area (Å²) in [6.45, 7) is 9.91. The third-order valence-electron chi connectivity index (χ3n) is 3.10. The van der Waals surface area contributed by atoms with Crippen molar-refractivity contribution >= 4 is 11.8 Å². The smallest absolute Gasteiger partial charge is 0.00207 e. The molecule has 2 N–H and O–H groups in total. The maximum atomic E-state index is 5.82. The van der Waals surface area contributed by atoms with E-state index in [0.717, 1.165) is 6.54 Å². The van der Waals surface area contributed by atoms with Crippen LogP contribution in [-0.2, 0) is 0 Å². The van der Waals surface area contributed by atoms with E-state index in [4.69, 9.17) is 5.73 Å². The monoisotopic (exact) mass is 203 g/mol. The van der Waals surface area contributed by atoms with Crippen LogP contribution in [-0.4, -0.2) is 18.1 Å². The molecular weight excluding hydrogens is 178 g/mol. The number of nitrogens with two attached hydrogens (primary N) is 1. The lowest BCUT2D eigenvalue weighted by Crippen LogP contribution is -2.32. The maximum absolute atomic E-state index is 5.82. The first-order chi connectivity index (χ1) is 6.06. The average Bonchev–Trinajstić information content (AvgIpc) is 2.12. The summed E-state index contributed by atoms with van der Waals surface area (Å²) in [7, 11) is 0. The minimum Gasteiger partial charge on any atom is -0.330 e. The van der Waals surface area contributed by atoms with Gasteiger partial charge in [0.05, 0.1) is 0 Å². The molecule has 0 rings (SSSR count). The largest absolute Gasteiger partial charge is 0.330 e. The molecule has 13 heavy (non-hydrogen) atoms. The van der Waals surface area contributed by atoms with E-state index in [1.165, 1.54) is 24.3 Å². The van der Waals surface area contributed by atoms with Crippen molar-refractivity contribution in [3.05, 3.63) is 0 Å². The minimum absolute atomic E-state index is 0.355. The molecule has 1 nitrogen and oxygen atoms in total.